The van der Waals surface area contributed by atoms with Crippen LogP contribution in [-0.2, 0) is 26.1 Å². The van der Waals surface area contributed by atoms with Gasteiger partial charge in [0.25, 0.3) is 0 Å². The molecule has 1 aromatic heterocycles. The Kier molecular flexibility index (Phi) is 5.00. The van der Waals surface area contributed by atoms with Crippen LogP contribution < -0.4 is 0 Å². The number of benzene rings is 1. The second-order valence-corrected chi connectivity index (χ2v) is 8.27. The van der Waals surface area contributed by atoms with Crippen LogP contribution in [-0.4, -0.2) is 51.0 Å². The monoisotopic (exact) mass is 380 g/mol. The Balaban J connectivity index is 1.79. The molecule has 148 valence electrons. The van der Waals surface area contributed by atoms with Crippen molar-refractivity contribution in [1.29, 1.82) is 0 Å². The molecule has 2 aliphatic rings. The average molecular weight is 380 g/mol. The molecule has 1 aromatic carbocycles. The Morgan fingerprint density at radius 3 is 2.89 bits per heavy atom. The number of esters is 1. The van der Waals surface area contributed by atoms with Gasteiger partial charge in [0.2, 0.25) is 0 Å². The molecule has 1 saturated heterocycles. The van der Waals surface area contributed by atoms with Crippen LogP contribution in [0.25, 0.3) is 10.9 Å². The number of methoxy groups -OCH3 is 2. The normalized spacial score (nSPS) is 27.9. The first-order valence-electron chi connectivity index (χ1n) is 10.2. The number of carbonyl (C=O) groups excluding carboxylic acids is 1. The van der Waals surface area contributed by atoms with Crippen LogP contribution in [0.4, 0.5) is 0 Å². The molecule has 28 heavy (non-hydrogen) atoms. The molecule has 0 radical (unpaired) electrons. The number of hydrogen-bond acceptors (Lipinski definition) is 4. The summed E-state index contributed by atoms with van der Waals surface area (Å²) in [5.74, 6) is 0.227. The highest BCUT2D eigenvalue weighted by atomic mass is 16.5. The van der Waals surface area contributed by atoms with Gasteiger partial charge in [0.1, 0.15) is 7.85 Å². The SMILES string of the molecule is B[C@@]12C[C@H](/C(=C\OC)C(=O)OC)[C@H](CC)CN1CCc1c2[nH]c2ccccc12. The van der Waals surface area contributed by atoms with Crippen molar-refractivity contribution >= 4 is 24.7 Å². The third-order valence-corrected chi connectivity index (χ3v) is 6.91. The topological polar surface area (TPSA) is 54.6 Å². The molecule has 2 aliphatic heterocycles. The summed E-state index contributed by atoms with van der Waals surface area (Å²) in [5, 5.41) is 1.33. The van der Waals surface area contributed by atoms with Crippen molar-refractivity contribution in [1.82, 2.24) is 9.88 Å². The molecule has 0 unspecified atom stereocenters. The minimum Gasteiger partial charge on any atom is -0.504 e. The molecule has 5 nitrogen and oxygen atoms in total. The number of aromatic nitrogens is 1. The second-order valence-electron chi connectivity index (χ2n) is 8.27. The number of hydrogen-bond donors (Lipinski definition) is 1. The van der Waals surface area contributed by atoms with Crippen molar-refractivity contribution in [2.45, 2.75) is 31.6 Å². The van der Waals surface area contributed by atoms with E-state index in [-0.39, 0.29) is 17.3 Å². The van der Waals surface area contributed by atoms with Crippen LogP contribution in [0.5, 0.6) is 0 Å². The molecular formula is C22H29BN2O3. The summed E-state index contributed by atoms with van der Waals surface area (Å²) in [7, 11) is 5.36. The summed E-state index contributed by atoms with van der Waals surface area (Å²) in [6, 6.07) is 8.56. The van der Waals surface area contributed by atoms with Crippen LogP contribution in [0.1, 0.15) is 31.0 Å². The number of aromatic amines is 1. The molecule has 0 saturated carbocycles. The molecule has 1 N–H and O–H groups in total. The summed E-state index contributed by atoms with van der Waals surface area (Å²) in [6.07, 6.45) is 4.55. The maximum absolute atomic E-state index is 12.5. The summed E-state index contributed by atoms with van der Waals surface area (Å²) in [4.78, 5) is 18.8. The minimum absolute atomic E-state index is 0.107. The van der Waals surface area contributed by atoms with Crippen molar-refractivity contribution in [3.8, 4) is 0 Å². The van der Waals surface area contributed by atoms with Crippen LogP contribution in [0.15, 0.2) is 36.1 Å². The summed E-state index contributed by atoms with van der Waals surface area (Å²) in [6.45, 7) is 4.24. The zero-order valence-corrected chi connectivity index (χ0v) is 17.2. The van der Waals surface area contributed by atoms with E-state index in [9.17, 15) is 4.79 Å². The largest absolute Gasteiger partial charge is 0.504 e. The average Bonchev–Trinajstić information content (AvgIpc) is 3.10. The van der Waals surface area contributed by atoms with E-state index in [2.05, 4.69) is 48.9 Å². The lowest BCUT2D eigenvalue weighted by molar-refractivity contribution is -0.137. The van der Waals surface area contributed by atoms with E-state index in [0.717, 1.165) is 32.4 Å². The standard InChI is InChI=1S/C22H29BN2O3/c1-4-14-12-25-10-9-16-15-7-5-6-8-19(15)24-20(16)22(25,23)11-17(14)18(13-27-2)21(26)28-3/h5-8,13-14,17,24H,4,9-12,23H2,1-3H3/b18-13+/t14-,17+,22+/m1/s1. The van der Waals surface area contributed by atoms with Gasteiger partial charge in [-0.15, -0.1) is 0 Å². The molecular weight excluding hydrogens is 351 g/mol. The predicted molar refractivity (Wildman–Crippen MR) is 113 cm³/mol. The summed E-state index contributed by atoms with van der Waals surface area (Å²) >= 11 is 0. The Hall–Kier alpha value is -2.21. The first-order valence-corrected chi connectivity index (χ1v) is 10.2. The zero-order chi connectivity index (χ0) is 19.9. The van der Waals surface area contributed by atoms with Gasteiger partial charge < -0.3 is 14.5 Å². The number of carbonyl (C=O) groups is 1. The molecule has 0 spiro atoms. The minimum atomic E-state index is -0.282. The van der Waals surface area contributed by atoms with Gasteiger partial charge in [0.05, 0.1) is 26.1 Å². The zero-order valence-electron chi connectivity index (χ0n) is 17.2. The molecule has 0 bridgehead atoms. The van der Waals surface area contributed by atoms with Crippen LogP contribution in [0, 0.1) is 11.8 Å². The van der Waals surface area contributed by atoms with E-state index in [1.807, 2.05) is 0 Å². The number of fused-ring (bicyclic) bond motifs is 5. The second kappa shape index (κ2) is 7.32. The van der Waals surface area contributed by atoms with E-state index in [1.54, 1.807) is 13.4 Å². The molecule has 3 heterocycles. The van der Waals surface area contributed by atoms with Gasteiger partial charge >= 0.3 is 5.97 Å². The highest BCUT2D eigenvalue weighted by Crippen LogP contribution is 2.48. The molecule has 0 aliphatic carbocycles. The maximum Gasteiger partial charge on any atom is 0.337 e. The number of ether oxygens (including phenoxy) is 2. The molecule has 1 fully saturated rings. The fourth-order valence-corrected chi connectivity index (χ4v) is 5.41. The number of para-hydroxylation sites is 1. The third kappa shape index (κ3) is 2.86. The fourth-order valence-electron chi connectivity index (χ4n) is 5.41. The number of rotatable bonds is 4. The van der Waals surface area contributed by atoms with E-state index < -0.39 is 0 Å². The summed E-state index contributed by atoms with van der Waals surface area (Å²) in [5.41, 5.74) is 4.45. The van der Waals surface area contributed by atoms with Gasteiger partial charge in [-0.25, -0.2) is 4.79 Å². The van der Waals surface area contributed by atoms with Gasteiger partial charge in [-0.3, -0.25) is 4.90 Å². The van der Waals surface area contributed by atoms with Gasteiger partial charge in [-0.2, -0.15) is 0 Å². The Morgan fingerprint density at radius 1 is 1.39 bits per heavy atom. The van der Waals surface area contributed by atoms with Crippen LogP contribution in [0.2, 0.25) is 0 Å². The number of nitrogens with one attached hydrogen (secondary N) is 1. The van der Waals surface area contributed by atoms with Crippen LogP contribution >= 0.6 is 0 Å². The lowest BCUT2D eigenvalue weighted by atomic mass is 9.59. The van der Waals surface area contributed by atoms with Crippen molar-refractivity contribution in [2.75, 3.05) is 27.3 Å². The van der Waals surface area contributed by atoms with Crippen molar-refractivity contribution in [2.24, 2.45) is 11.8 Å². The first kappa shape index (κ1) is 19.1. The lowest BCUT2D eigenvalue weighted by Crippen LogP contribution is -2.58. The molecule has 4 rings (SSSR count). The lowest BCUT2D eigenvalue weighted by Gasteiger charge is -2.53. The smallest absolute Gasteiger partial charge is 0.337 e. The fraction of sp³-hybridized carbons (Fsp3) is 0.500. The Morgan fingerprint density at radius 2 is 2.18 bits per heavy atom. The first-order chi connectivity index (χ1) is 13.5. The molecule has 0 amide bonds. The van der Waals surface area contributed by atoms with Crippen molar-refractivity contribution < 1.29 is 14.3 Å². The third-order valence-electron chi connectivity index (χ3n) is 6.91. The quantitative estimate of drug-likeness (QED) is 0.383. The van der Waals surface area contributed by atoms with Crippen molar-refractivity contribution in [3.63, 3.8) is 0 Å². The highest BCUT2D eigenvalue weighted by molar-refractivity contribution is 6.16. The van der Waals surface area contributed by atoms with Gasteiger partial charge in [-0.05, 0) is 36.3 Å². The number of H-pyrrole nitrogens is 1. The summed E-state index contributed by atoms with van der Waals surface area (Å²) < 4.78 is 10.4. The van der Waals surface area contributed by atoms with E-state index in [1.165, 1.54) is 29.3 Å². The van der Waals surface area contributed by atoms with Gasteiger partial charge in [-0.1, -0.05) is 31.5 Å². The highest BCUT2D eigenvalue weighted by Gasteiger charge is 2.49. The molecule has 6 heteroatoms. The molecule has 2 aromatic rings. The Bertz CT molecular complexity index is 922. The van der Waals surface area contributed by atoms with Gasteiger partial charge in [0.15, 0.2) is 0 Å². The Labute approximate surface area is 167 Å². The van der Waals surface area contributed by atoms with E-state index in [0.29, 0.717) is 11.5 Å². The van der Waals surface area contributed by atoms with Crippen molar-refractivity contribution in [3.05, 3.63) is 47.4 Å². The van der Waals surface area contributed by atoms with E-state index >= 15 is 0 Å². The maximum atomic E-state index is 12.5. The number of piperidine rings is 1. The van der Waals surface area contributed by atoms with E-state index in [4.69, 9.17) is 9.47 Å². The van der Waals surface area contributed by atoms with Crippen LogP contribution in [0.3, 0.4) is 0 Å². The predicted octanol–water partition coefficient (Wildman–Crippen LogP) is 2.56. The number of nitrogens with zero attached hydrogens (tertiary/aromatic N) is 1. The van der Waals surface area contributed by atoms with Gasteiger partial charge in [0, 0.05) is 35.1 Å². The molecule has 3 atom stereocenters.